The van der Waals surface area contributed by atoms with Crippen molar-refractivity contribution in [2.24, 2.45) is 17.8 Å². The molecule has 13 heavy (non-hydrogen) atoms. The minimum absolute atomic E-state index is 0.0315. The third kappa shape index (κ3) is 2.46. The largest absolute Gasteiger partial charge is 0.393 e. The van der Waals surface area contributed by atoms with Crippen LogP contribution in [0.4, 0.5) is 0 Å². The molecule has 0 bridgehead atoms. The molecule has 0 heterocycles. The molecule has 76 valence electrons. The van der Waals surface area contributed by atoms with E-state index < -0.39 is 0 Å². The molecule has 2 rings (SSSR count). The van der Waals surface area contributed by atoms with Gasteiger partial charge in [0.15, 0.2) is 0 Å². The first-order valence-electron chi connectivity index (χ1n) is 5.97. The van der Waals surface area contributed by atoms with Gasteiger partial charge < -0.3 is 5.11 Å². The highest BCUT2D eigenvalue weighted by molar-refractivity contribution is 4.84. The Kier molecular flexibility index (Phi) is 2.92. The van der Waals surface area contributed by atoms with Gasteiger partial charge in [-0.2, -0.15) is 0 Å². The van der Waals surface area contributed by atoms with Crippen molar-refractivity contribution in [3.8, 4) is 0 Å². The summed E-state index contributed by atoms with van der Waals surface area (Å²) in [5.41, 5.74) is 0. The van der Waals surface area contributed by atoms with E-state index in [1.807, 2.05) is 0 Å². The molecule has 3 unspecified atom stereocenters. The Labute approximate surface area is 81.5 Å². The normalized spacial score (nSPS) is 36.5. The van der Waals surface area contributed by atoms with Crippen LogP contribution in [0.3, 0.4) is 0 Å². The Hall–Kier alpha value is -0.0400. The summed E-state index contributed by atoms with van der Waals surface area (Å²) in [6.07, 6.45) is 9.14. The Balaban J connectivity index is 1.73. The highest BCUT2D eigenvalue weighted by Crippen LogP contribution is 2.40. The summed E-state index contributed by atoms with van der Waals surface area (Å²) in [6.45, 7) is 2.28. The molecule has 0 saturated heterocycles. The van der Waals surface area contributed by atoms with Crippen LogP contribution >= 0.6 is 0 Å². The standard InChI is InChI=1S/C12H22O/c1-2-9-5-6-11(7-9)12(13)8-10-3-4-10/h9-13H,2-8H2,1H3. The second kappa shape index (κ2) is 4.00. The molecular formula is C12H22O. The molecule has 1 heteroatoms. The zero-order valence-electron chi connectivity index (χ0n) is 8.71. The minimum atomic E-state index is 0.0315. The summed E-state index contributed by atoms with van der Waals surface area (Å²) in [7, 11) is 0. The molecule has 1 N–H and O–H groups in total. The minimum Gasteiger partial charge on any atom is -0.393 e. The maximum atomic E-state index is 9.97. The summed E-state index contributed by atoms with van der Waals surface area (Å²) < 4.78 is 0. The van der Waals surface area contributed by atoms with Crippen LogP contribution in [0.1, 0.15) is 51.9 Å². The van der Waals surface area contributed by atoms with Crippen molar-refractivity contribution < 1.29 is 5.11 Å². The fourth-order valence-electron chi connectivity index (χ4n) is 2.72. The third-order valence-electron chi connectivity index (χ3n) is 3.98. The molecule has 3 atom stereocenters. The second-order valence-corrected chi connectivity index (χ2v) is 5.09. The lowest BCUT2D eigenvalue weighted by Gasteiger charge is -2.17. The van der Waals surface area contributed by atoms with Crippen LogP contribution in [-0.2, 0) is 0 Å². The topological polar surface area (TPSA) is 20.2 Å². The van der Waals surface area contributed by atoms with E-state index >= 15 is 0 Å². The molecule has 0 aromatic rings. The Morgan fingerprint density at radius 1 is 1.15 bits per heavy atom. The Morgan fingerprint density at radius 2 is 1.85 bits per heavy atom. The van der Waals surface area contributed by atoms with E-state index in [4.69, 9.17) is 0 Å². The molecule has 0 aliphatic heterocycles. The molecule has 2 aliphatic carbocycles. The van der Waals surface area contributed by atoms with Crippen molar-refractivity contribution in [1.82, 2.24) is 0 Å². The Bertz CT molecular complexity index is 163. The van der Waals surface area contributed by atoms with Gasteiger partial charge in [0.2, 0.25) is 0 Å². The van der Waals surface area contributed by atoms with Gasteiger partial charge in [0, 0.05) is 0 Å². The molecule has 2 aliphatic rings. The van der Waals surface area contributed by atoms with Crippen molar-refractivity contribution in [2.75, 3.05) is 0 Å². The van der Waals surface area contributed by atoms with Gasteiger partial charge in [0.05, 0.1) is 6.10 Å². The van der Waals surface area contributed by atoms with Crippen LogP contribution < -0.4 is 0 Å². The van der Waals surface area contributed by atoms with Gasteiger partial charge in [-0.3, -0.25) is 0 Å². The van der Waals surface area contributed by atoms with E-state index in [-0.39, 0.29) is 6.10 Å². The monoisotopic (exact) mass is 182 g/mol. The lowest BCUT2D eigenvalue weighted by Crippen LogP contribution is -2.18. The van der Waals surface area contributed by atoms with Gasteiger partial charge in [0.1, 0.15) is 0 Å². The van der Waals surface area contributed by atoms with Crippen molar-refractivity contribution in [3.05, 3.63) is 0 Å². The zero-order valence-corrected chi connectivity index (χ0v) is 8.71. The van der Waals surface area contributed by atoms with Gasteiger partial charge in [-0.1, -0.05) is 32.6 Å². The van der Waals surface area contributed by atoms with Crippen molar-refractivity contribution in [1.29, 1.82) is 0 Å². The van der Waals surface area contributed by atoms with Crippen LogP contribution in [0.15, 0.2) is 0 Å². The van der Waals surface area contributed by atoms with Gasteiger partial charge >= 0.3 is 0 Å². The average Bonchev–Trinajstić information content (AvgIpc) is 2.82. The molecule has 2 fully saturated rings. The SMILES string of the molecule is CCC1CCC(C(O)CC2CC2)C1. The molecule has 0 aromatic carbocycles. The first kappa shape index (κ1) is 9.51. The zero-order chi connectivity index (χ0) is 9.26. The van der Waals surface area contributed by atoms with E-state index in [1.54, 1.807) is 0 Å². The van der Waals surface area contributed by atoms with Crippen LogP contribution in [0.25, 0.3) is 0 Å². The van der Waals surface area contributed by atoms with Gasteiger partial charge in [0.25, 0.3) is 0 Å². The van der Waals surface area contributed by atoms with E-state index in [0.29, 0.717) is 5.92 Å². The quantitative estimate of drug-likeness (QED) is 0.708. The van der Waals surface area contributed by atoms with E-state index in [0.717, 1.165) is 18.3 Å². The van der Waals surface area contributed by atoms with Crippen molar-refractivity contribution >= 4 is 0 Å². The average molecular weight is 182 g/mol. The van der Waals surface area contributed by atoms with E-state index in [2.05, 4.69) is 6.92 Å². The first-order valence-corrected chi connectivity index (χ1v) is 5.97. The summed E-state index contributed by atoms with van der Waals surface area (Å²) in [5.74, 6) is 2.44. The van der Waals surface area contributed by atoms with Gasteiger partial charge in [-0.15, -0.1) is 0 Å². The van der Waals surface area contributed by atoms with Crippen molar-refractivity contribution in [2.45, 2.75) is 58.0 Å². The van der Waals surface area contributed by atoms with Crippen LogP contribution in [0.2, 0.25) is 0 Å². The predicted molar refractivity (Wildman–Crippen MR) is 54.5 cm³/mol. The van der Waals surface area contributed by atoms with Crippen molar-refractivity contribution in [3.63, 3.8) is 0 Å². The maximum absolute atomic E-state index is 9.97. The number of hydrogen-bond acceptors (Lipinski definition) is 1. The second-order valence-electron chi connectivity index (χ2n) is 5.09. The molecule has 1 nitrogen and oxygen atoms in total. The van der Waals surface area contributed by atoms with Gasteiger partial charge in [-0.05, 0) is 37.0 Å². The molecule has 0 amide bonds. The highest BCUT2D eigenvalue weighted by atomic mass is 16.3. The molecule has 0 radical (unpaired) electrons. The third-order valence-corrected chi connectivity index (χ3v) is 3.98. The fourth-order valence-corrected chi connectivity index (χ4v) is 2.72. The van der Waals surface area contributed by atoms with Crippen LogP contribution in [0, 0.1) is 17.8 Å². The van der Waals surface area contributed by atoms with Crippen LogP contribution in [-0.4, -0.2) is 11.2 Å². The first-order chi connectivity index (χ1) is 6.29. The summed E-state index contributed by atoms with van der Waals surface area (Å²) >= 11 is 0. The summed E-state index contributed by atoms with van der Waals surface area (Å²) in [6, 6.07) is 0. The number of rotatable bonds is 4. The maximum Gasteiger partial charge on any atom is 0.0571 e. The summed E-state index contributed by atoms with van der Waals surface area (Å²) in [5, 5.41) is 9.97. The van der Waals surface area contributed by atoms with Gasteiger partial charge in [-0.25, -0.2) is 0 Å². The molecule has 0 aromatic heterocycles. The molecule has 2 saturated carbocycles. The highest BCUT2D eigenvalue weighted by Gasteiger charge is 2.32. The number of hydrogen-bond donors (Lipinski definition) is 1. The lowest BCUT2D eigenvalue weighted by atomic mass is 9.94. The lowest BCUT2D eigenvalue weighted by molar-refractivity contribution is 0.0939. The number of aliphatic hydroxyl groups is 1. The van der Waals surface area contributed by atoms with E-state index in [1.165, 1.54) is 38.5 Å². The van der Waals surface area contributed by atoms with Crippen LogP contribution in [0.5, 0.6) is 0 Å². The fraction of sp³-hybridized carbons (Fsp3) is 1.00. The molecule has 0 spiro atoms. The predicted octanol–water partition coefficient (Wildman–Crippen LogP) is 2.97. The number of aliphatic hydroxyl groups excluding tert-OH is 1. The smallest absolute Gasteiger partial charge is 0.0571 e. The summed E-state index contributed by atoms with van der Waals surface area (Å²) in [4.78, 5) is 0. The Morgan fingerprint density at radius 3 is 2.38 bits per heavy atom. The molecular weight excluding hydrogens is 160 g/mol. The van der Waals surface area contributed by atoms with E-state index in [9.17, 15) is 5.11 Å².